The molecule has 6 unspecified atom stereocenters. The normalized spacial score (nSPS) is 53.1. The van der Waals surface area contributed by atoms with Gasteiger partial charge >= 0.3 is 5.97 Å². The second-order valence-electron chi connectivity index (χ2n) is 9.68. The third-order valence-corrected chi connectivity index (χ3v) is 8.01. The summed E-state index contributed by atoms with van der Waals surface area (Å²) in [5.41, 5.74) is -3.14. The molecule has 0 aromatic heterocycles. The minimum Gasteiger partial charge on any atom is -0.479 e. The topological polar surface area (TPSA) is 66.8 Å². The highest BCUT2D eigenvalue weighted by molar-refractivity contribution is 5.79. The number of carboxylic acid groups (broad SMARTS) is 1. The van der Waals surface area contributed by atoms with Crippen LogP contribution in [0.1, 0.15) is 66.7 Å². The Hall–Kier alpha value is -0.870. The highest BCUT2D eigenvalue weighted by atomic mass is 16.5. The molecule has 6 atom stereocenters. The van der Waals surface area contributed by atoms with E-state index >= 15 is 0 Å². The van der Waals surface area contributed by atoms with Crippen LogP contribution in [-0.4, -0.2) is 33.0 Å². The third kappa shape index (κ3) is 2.02. The van der Waals surface area contributed by atoms with Crippen LogP contribution in [0.5, 0.6) is 0 Å². The van der Waals surface area contributed by atoms with Gasteiger partial charge in [0.2, 0.25) is 0 Å². The van der Waals surface area contributed by atoms with Crippen LogP contribution in [0.4, 0.5) is 0 Å². The lowest BCUT2D eigenvalue weighted by Crippen LogP contribution is -2.59. The number of hydrogen-bond donors (Lipinski definition) is 2. The SMILES string of the molecule is C=CC1(C)CCC2C(C)(CCC3C2(C)CC(O)(C(=O)O)C3(C)C)O1. The second kappa shape index (κ2) is 4.85. The first-order valence-corrected chi connectivity index (χ1v) is 9.14. The molecule has 0 amide bonds. The van der Waals surface area contributed by atoms with Crippen molar-refractivity contribution in [2.24, 2.45) is 22.7 Å². The van der Waals surface area contributed by atoms with E-state index in [1.165, 1.54) is 0 Å². The van der Waals surface area contributed by atoms with Gasteiger partial charge in [-0.1, -0.05) is 26.8 Å². The fraction of sp³-hybridized carbons (Fsp3) is 0.850. The van der Waals surface area contributed by atoms with Gasteiger partial charge in [-0.15, -0.1) is 6.58 Å². The lowest BCUT2D eigenvalue weighted by molar-refractivity contribution is -0.236. The Kier molecular flexibility index (Phi) is 3.63. The van der Waals surface area contributed by atoms with Crippen molar-refractivity contribution in [2.45, 2.75) is 83.5 Å². The molecule has 0 aromatic rings. The van der Waals surface area contributed by atoms with Gasteiger partial charge in [-0.3, -0.25) is 0 Å². The Labute approximate surface area is 145 Å². The molecule has 1 aliphatic heterocycles. The number of rotatable bonds is 2. The van der Waals surface area contributed by atoms with Gasteiger partial charge in [-0.2, -0.15) is 0 Å². The molecule has 24 heavy (non-hydrogen) atoms. The predicted molar refractivity (Wildman–Crippen MR) is 92.6 cm³/mol. The fourth-order valence-electron chi connectivity index (χ4n) is 6.64. The summed E-state index contributed by atoms with van der Waals surface area (Å²) in [5, 5.41) is 20.8. The molecule has 4 heteroatoms. The number of hydrogen-bond acceptors (Lipinski definition) is 3. The Bertz CT molecular complexity index is 584. The zero-order valence-electron chi connectivity index (χ0n) is 15.7. The zero-order valence-corrected chi connectivity index (χ0v) is 15.7. The van der Waals surface area contributed by atoms with Crippen LogP contribution in [0.25, 0.3) is 0 Å². The number of aliphatic hydroxyl groups is 1. The van der Waals surface area contributed by atoms with Crippen molar-refractivity contribution in [2.75, 3.05) is 0 Å². The molecule has 3 rings (SSSR count). The fourth-order valence-corrected chi connectivity index (χ4v) is 6.64. The quantitative estimate of drug-likeness (QED) is 0.753. The van der Waals surface area contributed by atoms with Gasteiger partial charge in [0.25, 0.3) is 0 Å². The van der Waals surface area contributed by atoms with Crippen LogP contribution in [0, 0.1) is 22.7 Å². The average Bonchev–Trinajstić information content (AvgIpc) is 2.61. The second-order valence-corrected chi connectivity index (χ2v) is 9.68. The van der Waals surface area contributed by atoms with Crippen molar-refractivity contribution in [3.8, 4) is 0 Å². The maximum atomic E-state index is 11.9. The van der Waals surface area contributed by atoms with Crippen LogP contribution in [-0.2, 0) is 9.53 Å². The van der Waals surface area contributed by atoms with Crippen molar-refractivity contribution in [1.29, 1.82) is 0 Å². The highest BCUT2D eigenvalue weighted by Crippen LogP contribution is 2.70. The Morgan fingerprint density at radius 3 is 2.25 bits per heavy atom. The van der Waals surface area contributed by atoms with Crippen LogP contribution >= 0.6 is 0 Å². The summed E-state index contributed by atoms with van der Waals surface area (Å²) in [4.78, 5) is 11.9. The van der Waals surface area contributed by atoms with Crippen LogP contribution in [0.2, 0.25) is 0 Å². The largest absolute Gasteiger partial charge is 0.479 e. The maximum absolute atomic E-state index is 11.9. The molecular weight excluding hydrogens is 304 g/mol. The number of aliphatic carboxylic acids is 1. The molecule has 3 aliphatic rings. The Morgan fingerprint density at radius 2 is 1.71 bits per heavy atom. The monoisotopic (exact) mass is 336 g/mol. The molecule has 1 heterocycles. The minimum atomic E-state index is -1.67. The third-order valence-electron chi connectivity index (χ3n) is 8.01. The highest BCUT2D eigenvalue weighted by Gasteiger charge is 2.72. The van der Waals surface area contributed by atoms with Crippen molar-refractivity contribution >= 4 is 5.97 Å². The molecule has 2 N–H and O–H groups in total. The molecule has 0 aromatic carbocycles. The molecule has 4 nitrogen and oxygen atoms in total. The van der Waals surface area contributed by atoms with Gasteiger partial charge in [-0.05, 0) is 63.2 Å². The maximum Gasteiger partial charge on any atom is 0.336 e. The first kappa shape index (κ1) is 17.9. The van der Waals surface area contributed by atoms with Gasteiger partial charge in [0, 0.05) is 5.41 Å². The lowest BCUT2D eigenvalue weighted by atomic mass is 9.52. The standard InChI is InChI=1S/C20H32O4/c1-7-17(4)10-8-14-18(5)12-20(23,15(21)22)16(2,3)13(18)9-11-19(14,6)24-17/h7,13-14,23H,1,8-12H2,2-6H3,(H,21,22). The molecular formula is C20H32O4. The summed E-state index contributed by atoms with van der Waals surface area (Å²) < 4.78 is 6.54. The summed E-state index contributed by atoms with van der Waals surface area (Å²) in [6.07, 6.45) is 5.87. The minimum absolute atomic E-state index is 0.181. The molecule has 0 bridgehead atoms. The molecule has 136 valence electrons. The van der Waals surface area contributed by atoms with E-state index in [9.17, 15) is 15.0 Å². The van der Waals surface area contributed by atoms with Gasteiger partial charge in [0.15, 0.2) is 5.60 Å². The van der Waals surface area contributed by atoms with Crippen molar-refractivity contribution in [3.63, 3.8) is 0 Å². The van der Waals surface area contributed by atoms with E-state index in [1.54, 1.807) is 0 Å². The molecule has 1 saturated heterocycles. The summed E-state index contributed by atoms with van der Waals surface area (Å²) in [5.74, 6) is -0.650. The van der Waals surface area contributed by atoms with Gasteiger partial charge < -0.3 is 14.9 Å². The molecule has 2 aliphatic carbocycles. The van der Waals surface area contributed by atoms with E-state index in [1.807, 2.05) is 19.9 Å². The molecule has 2 saturated carbocycles. The predicted octanol–water partition coefficient (Wildman–Crippen LogP) is 3.78. The van der Waals surface area contributed by atoms with E-state index < -0.39 is 17.0 Å². The number of ether oxygens (including phenoxy) is 1. The Balaban J connectivity index is 2.03. The summed E-state index contributed by atoms with van der Waals surface area (Å²) >= 11 is 0. The van der Waals surface area contributed by atoms with Crippen LogP contribution < -0.4 is 0 Å². The van der Waals surface area contributed by atoms with Crippen molar-refractivity contribution in [1.82, 2.24) is 0 Å². The molecule has 0 spiro atoms. The van der Waals surface area contributed by atoms with E-state index in [0.29, 0.717) is 6.42 Å². The van der Waals surface area contributed by atoms with Crippen molar-refractivity contribution in [3.05, 3.63) is 12.7 Å². The molecule has 0 radical (unpaired) electrons. The Morgan fingerprint density at radius 1 is 1.12 bits per heavy atom. The summed E-state index contributed by atoms with van der Waals surface area (Å²) in [7, 11) is 0. The first-order valence-electron chi connectivity index (χ1n) is 9.14. The van der Waals surface area contributed by atoms with Gasteiger partial charge in [0.1, 0.15) is 0 Å². The van der Waals surface area contributed by atoms with Crippen LogP contribution in [0.15, 0.2) is 12.7 Å². The van der Waals surface area contributed by atoms with E-state index in [4.69, 9.17) is 4.74 Å². The van der Waals surface area contributed by atoms with E-state index in [2.05, 4.69) is 27.4 Å². The lowest BCUT2D eigenvalue weighted by Gasteiger charge is -2.60. The number of fused-ring (bicyclic) bond motifs is 3. The average molecular weight is 336 g/mol. The summed E-state index contributed by atoms with van der Waals surface area (Å²) in [6.45, 7) is 14.2. The molecule has 3 fully saturated rings. The van der Waals surface area contributed by atoms with E-state index in [-0.39, 0.29) is 28.5 Å². The van der Waals surface area contributed by atoms with Crippen molar-refractivity contribution < 1.29 is 19.7 Å². The van der Waals surface area contributed by atoms with E-state index in [0.717, 1.165) is 25.7 Å². The number of carboxylic acids is 1. The van der Waals surface area contributed by atoms with Gasteiger partial charge in [0.05, 0.1) is 11.2 Å². The van der Waals surface area contributed by atoms with Crippen LogP contribution in [0.3, 0.4) is 0 Å². The van der Waals surface area contributed by atoms with Gasteiger partial charge in [-0.25, -0.2) is 4.79 Å². The number of carbonyl (C=O) groups is 1. The first-order chi connectivity index (χ1) is 10.8. The summed E-state index contributed by atoms with van der Waals surface area (Å²) in [6, 6.07) is 0. The smallest absolute Gasteiger partial charge is 0.336 e. The zero-order chi connectivity index (χ0) is 18.2.